The fourth-order valence-electron chi connectivity index (χ4n) is 4.64. The van der Waals surface area contributed by atoms with E-state index in [0.29, 0.717) is 5.56 Å². The molecule has 4 nitrogen and oxygen atoms in total. The fourth-order valence-corrected chi connectivity index (χ4v) is 5.04. The van der Waals surface area contributed by atoms with Gasteiger partial charge in [-0.1, -0.05) is 67.3 Å². The number of phenols is 2. The van der Waals surface area contributed by atoms with Gasteiger partial charge in [0.25, 0.3) is 0 Å². The molecule has 0 fully saturated rings. The van der Waals surface area contributed by atoms with Gasteiger partial charge < -0.3 is 14.9 Å². The summed E-state index contributed by atoms with van der Waals surface area (Å²) < 4.78 is 5.19. The number of aromatic hydroxyl groups is 2. The van der Waals surface area contributed by atoms with Crippen LogP contribution in [0.5, 0.6) is 11.5 Å². The minimum absolute atomic E-state index is 0.112. The third kappa shape index (κ3) is 7.13. The Balaban J connectivity index is 2.30. The van der Waals surface area contributed by atoms with Crippen LogP contribution in [0.4, 0.5) is 0 Å². The van der Waals surface area contributed by atoms with Gasteiger partial charge >= 0.3 is 5.97 Å². The predicted molar refractivity (Wildman–Crippen MR) is 135 cm³/mol. The van der Waals surface area contributed by atoms with E-state index in [4.69, 9.17) is 4.74 Å². The highest BCUT2D eigenvalue weighted by molar-refractivity contribution is 9.09. The molecule has 2 N–H and O–H groups in total. The van der Waals surface area contributed by atoms with Gasteiger partial charge in [-0.3, -0.25) is 4.79 Å². The van der Waals surface area contributed by atoms with E-state index in [1.54, 1.807) is 0 Å². The number of halogens is 1. The van der Waals surface area contributed by atoms with Crippen LogP contribution in [0.2, 0.25) is 0 Å². The summed E-state index contributed by atoms with van der Waals surface area (Å²) in [6.45, 7) is 12.1. The molecule has 2 unspecified atom stereocenters. The lowest BCUT2D eigenvalue weighted by Crippen LogP contribution is -2.21. The number of allylic oxidation sites excluding steroid dienone is 2. The monoisotopic (exact) mass is 506 g/mol. The van der Waals surface area contributed by atoms with Crippen molar-refractivity contribution in [2.75, 3.05) is 11.9 Å². The van der Waals surface area contributed by atoms with Crippen LogP contribution in [-0.2, 0) is 14.9 Å². The number of phenolic OH excluding ortho intramolecular Hbond substituents is 2. The van der Waals surface area contributed by atoms with Crippen molar-refractivity contribution in [2.45, 2.75) is 84.0 Å². The number of carbonyl (C=O) groups excluding carboxylic acids is 1. The Kier molecular flexibility index (Phi) is 9.87. The highest BCUT2D eigenvalue weighted by atomic mass is 79.9. The standard InChI is InChI=1S/C27H39BrO4/c1-18(2)22-11-10-20(17-32-19(3)29)14-23(22)26-24(30)15-21(16-25(26)31)27(4,5)12-8-6-7-9-13-28/h14-16,22-23,30-31H,1,6-13,17H2,2-5H3. The van der Waals surface area contributed by atoms with Crippen LogP contribution < -0.4 is 0 Å². The number of esters is 1. The van der Waals surface area contributed by atoms with E-state index in [0.717, 1.165) is 47.7 Å². The lowest BCUT2D eigenvalue weighted by atomic mass is 9.72. The van der Waals surface area contributed by atoms with Crippen molar-refractivity contribution in [3.8, 4) is 11.5 Å². The molecule has 1 aliphatic rings. The first kappa shape index (κ1) is 26.5. The van der Waals surface area contributed by atoms with E-state index >= 15 is 0 Å². The minimum Gasteiger partial charge on any atom is -0.507 e. The maximum atomic E-state index is 11.2. The average Bonchev–Trinajstić information content (AvgIpc) is 2.71. The van der Waals surface area contributed by atoms with Gasteiger partial charge in [0.15, 0.2) is 0 Å². The molecule has 0 spiro atoms. The number of benzene rings is 1. The zero-order chi connectivity index (χ0) is 23.9. The molecule has 0 saturated heterocycles. The molecule has 178 valence electrons. The smallest absolute Gasteiger partial charge is 0.302 e. The Labute approximate surface area is 201 Å². The summed E-state index contributed by atoms with van der Waals surface area (Å²) in [6.07, 6.45) is 9.39. The second-order valence-corrected chi connectivity index (χ2v) is 10.6. The van der Waals surface area contributed by atoms with Crippen molar-refractivity contribution >= 4 is 21.9 Å². The third-order valence-corrected chi connectivity index (χ3v) is 7.22. The summed E-state index contributed by atoms with van der Waals surface area (Å²) in [7, 11) is 0. The van der Waals surface area contributed by atoms with Crippen molar-refractivity contribution < 1.29 is 19.7 Å². The molecule has 0 heterocycles. The van der Waals surface area contributed by atoms with Gasteiger partial charge in [-0.2, -0.15) is 0 Å². The molecule has 0 amide bonds. The van der Waals surface area contributed by atoms with Crippen LogP contribution in [0.25, 0.3) is 0 Å². The summed E-state index contributed by atoms with van der Waals surface area (Å²) in [5, 5.41) is 23.1. The molecular formula is C27H39BrO4. The lowest BCUT2D eigenvalue weighted by Gasteiger charge is -2.33. The first-order chi connectivity index (χ1) is 15.1. The summed E-state index contributed by atoms with van der Waals surface area (Å²) >= 11 is 3.48. The van der Waals surface area contributed by atoms with Crippen LogP contribution in [0.15, 0.2) is 35.9 Å². The van der Waals surface area contributed by atoms with Crippen LogP contribution in [0, 0.1) is 5.92 Å². The molecule has 32 heavy (non-hydrogen) atoms. The SMILES string of the molecule is C=C(C)C1CCC(COC(C)=O)=CC1c1c(O)cc(C(C)(C)CCCCCCBr)cc1O. The molecule has 2 atom stereocenters. The summed E-state index contributed by atoms with van der Waals surface area (Å²) in [5.74, 6) is -0.162. The Morgan fingerprint density at radius 2 is 1.78 bits per heavy atom. The molecular weight excluding hydrogens is 468 g/mol. The van der Waals surface area contributed by atoms with Gasteiger partial charge in [-0.05, 0) is 67.2 Å². The molecule has 5 heteroatoms. The van der Waals surface area contributed by atoms with Gasteiger partial charge in [0, 0.05) is 23.7 Å². The van der Waals surface area contributed by atoms with Crippen LogP contribution in [0.3, 0.4) is 0 Å². The number of hydrogen-bond donors (Lipinski definition) is 2. The van der Waals surface area contributed by atoms with Crippen molar-refractivity contribution in [2.24, 2.45) is 5.92 Å². The zero-order valence-electron chi connectivity index (χ0n) is 20.0. The van der Waals surface area contributed by atoms with Crippen molar-refractivity contribution in [1.29, 1.82) is 0 Å². The fraction of sp³-hybridized carbons (Fsp3) is 0.593. The van der Waals surface area contributed by atoms with E-state index in [2.05, 4.69) is 36.4 Å². The number of carbonyl (C=O) groups is 1. The number of ether oxygens (including phenoxy) is 1. The van der Waals surface area contributed by atoms with Crippen LogP contribution >= 0.6 is 15.9 Å². The van der Waals surface area contributed by atoms with Gasteiger partial charge in [0.1, 0.15) is 18.1 Å². The third-order valence-electron chi connectivity index (χ3n) is 6.66. The van der Waals surface area contributed by atoms with Crippen LogP contribution in [0.1, 0.15) is 89.7 Å². The molecule has 2 rings (SSSR count). The number of hydrogen-bond acceptors (Lipinski definition) is 4. The molecule has 0 saturated carbocycles. The minimum atomic E-state index is -0.311. The van der Waals surface area contributed by atoms with Gasteiger partial charge in [0.2, 0.25) is 0 Å². The Hall–Kier alpha value is -1.75. The molecule has 0 bridgehead atoms. The molecule has 0 aliphatic heterocycles. The number of unbranched alkanes of at least 4 members (excludes halogenated alkanes) is 3. The maximum absolute atomic E-state index is 11.2. The zero-order valence-corrected chi connectivity index (χ0v) is 21.6. The quantitative estimate of drug-likeness (QED) is 0.143. The molecule has 1 aromatic carbocycles. The molecule has 0 radical (unpaired) electrons. The van der Waals surface area contributed by atoms with Gasteiger partial charge in [0.05, 0.1) is 0 Å². The van der Waals surface area contributed by atoms with Crippen LogP contribution in [-0.4, -0.2) is 28.1 Å². The van der Waals surface area contributed by atoms with Gasteiger partial charge in [-0.25, -0.2) is 0 Å². The maximum Gasteiger partial charge on any atom is 0.302 e. The van der Waals surface area contributed by atoms with E-state index in [1.165, 1.54) is 26.2 Å². The van der Waals surface area contributed by atoms with Crippen molar-refractivity contribution in [3.05, 3.63) is 47.1 Å². The number of rotatable bonds is 11. The average molecular weight is 508 g/mol. The topological polar surface area (TPSA) is 66.8 Å². The largest absolute Gasteiger partial charge is 0.507 e. The second-order valence-electron chi connectivity index (χ2n) is 9.79. The van der Waals surface area contributed by atoms with E-state index in [1.807, 2.05) is 25.1 Å². The van der Waals surface area contributed by atoms with E-state index in [9.17, 15) is 15.0 Å². The molecule has 1 aliphatic carbocycles. The first-order valence-corrected chi connectivity index (χ1v) is 12.8. The first-order valence-electron chi connectivity index (χ1n) is 11.7. The Bertz CT molecular complexity index is 817. The highest BCUT2D eigenvalue weighted by Crippen LogP contribution is 2.48. The summed E-state index contributed by atoms with van der Waals surface area (Å²) in [5.41, 5.74) is 3.37. The number of alkyl halides is 1. The van der Waals surface area contributed by atoms with E-state index < -0.39 is 0 Å². The second kappa shape index (κ2) is 11.9. The summed E-state index contributed by atoms with van der Waals surface area (Å²) in [4.78, 5) is 11.2. The Morgan fingerprint density at radius 3 is 2.34 bits per heavy atom. The Morgan fingerprint density at radius 1 is 1.16 bits per heavy atom. The highest BCUT2D eigenvalue weighted by Gasteiger charge is 2.32. The van der Waals surface area contributed by atoms with Crippen molar-refractivity contribution in [3.63, 3.8) is 0 Å². The lowest BCUT2D eigenvalue weighted by molar-refractivity contribution is -0.140. The molecule has 0 aromatic heterocycles. The van der Waals surface area contributed by atoms with E-state index in [-0.39, 0.29) is 41.3 Å². The van der Waals surface area contributed by atoms with Crippen molar-refractivity contribution in [1.82, 2.24) is 0 Å². The summed E-state index contributed by atoms with van der Waals surface area (Å²) in [6, 6.07) is 3.63. The van der Waals surface area contributed by atoms with Gasteiger partial charge in [-0.15, -0.1) is 0 Å². The predicted octanol–water partition coefficient (Wildman–Crippen LogP) is 7.28. The normalized spacial score (nSPS) is 18.8. The molecule has 1 aromatic rings.